The molecule has 1 aromatic heterocycles. The van der Waals surface area contributed by atoms with Gasteiger partial charge in [0.05, 0.1) is 24.7 Å². The lowest BCUT2D eigenvalue weighted by atomic mass is 10.0. The minimum Gasteiger partial charge on any atom is -0.477 e. The molecule has 1 atom stereocenters. The molecule has 1 saturated heterocycles. The number of aliphatic carboxylic acids is 1. The van der Waals surface area contributed by atoms with E-state index in [-0.39, 0.29) is 23.6 Å². The Morgan fingerprint density at radius 2 is 2.37 bits per heavy atom. The third-order valence-electron chi connectivity index (χ3n) is 2.94. The lowest BCUT2D eigenvalue weighted by molar-refractivity contribution is -0.141. The van der Waals surface area contributed by atoms with Crippen molar-refractivity contribution in [2.24, 2.45) is 0 Å². The number of nitrogens with zero attached hydrogens (tertiary/aromatic N) is 1. The van der Waals surface area contributed by atoms with Gasteiger partial charge in [-0.15, -0.1) is 0 Å². The van der Waals surface area contributed by atoms with Crippen molar-refractivity contribution < 1.29 is 24.2 Å². The van der Waals surface area contributed by atoms with E-state index in [4.69, 9.17) is 14.6 Å². The van der Waals surface area contributed by atoms with Crippen LogP contribution in [0.2, 0.25) is 0 Å². The van der Waals surface area contributed by atoms with Gasteiger partial charge in [0, 0.05) is 10.5 Å². The second-order valence-electron chi connectivity index (χ2n) is 4.04. The predicted octanol–water partition coefficient (Wildman–Crippen LogP) is 0.867. The van der Waals surface area contributed by atoms with E-state index in [1.165, 1.54) is 29.2 Å². The number of fused-ring (bicyclic) bond motifs is 1. The van der Waals surface area contributed by atoms with Crippen LogP contribution in [0.25, 0.3) is 6.08 Å². The molecule has 98 valence electrons. The number of aliphatic hydroxyl groups is 1. The van der Waals surface area contributed by atoms with E-state index in [0.29, 0.717) is 10.5 Å². The van der Waals surface area contributed by atoms with Crippen molar-refractivity contribution in [1.29, 1.82) is 0 Å². The van der Waals surface area contributed by atoms with Crippen molar-refractivity contribution in [3.8, 4) is 0 Å². The average Bonchev–Trinajstić information content (AvgIpc) is 3.00. The number of rotatable bonds is 3. The Labute approximate surface area is 112 Å². The molecular weight excluding hydrogens is 270 g/mol. The number of amides is 1. The first-order valence-electron chi connectivity index (χ1n) is 5.44. The molecule has 0 unspecified atom stereocenters. The molecule has 0 aliphatic carbocycles. The van der Waals surface area contributed by atoms with Gasteiger partial charge in [0.2, 0.25) is 0 Å². The smallest absolute Gasteiger partial charge is 0.353 e. The number of hydrogen-bond acceptors (Lipinski definition) is 5. The molecular formula is C12H9NO5S. The summed E-state index contributed by atoms with van der Waals surface area (Å²) >= 11 is 1.19. The van der Waals surface area contributed by atoms with E-state index in [0.717, 1.165) is 5.56 Å². The first-order valence-corrected chi connectivity index (χ1v) is 6.32. The first kappa shape index (κ1) is 12.1. The Bertz CT molecular complexity index is 616. The lowest BCUT2D eigenvalue weighted by Gasteiger charge is -2.36. The zero-order chi connectivity index (χ0) is 13.6. The number of carbonyl (C=O) groups excluding carboxylic acids is 1. The van der Waals surface area contributed by atoms with Crippen LogP contribution in [-0.4, -0.2) is 39.0 Å². The molecule has 0 bridgehead atoms. The Balaban J connectivity index is 1.92. The van der Waals surface area contributed by atoms with E-state index in [1.54, 1.807) is 12.1 Å². The highest BCUT2D eigenvalue weighted by atomic mass is 32.2. The van der Waals surface area contributed by atoms with Crippen LogP contribution in [0.5, 0.6) is 0 Å². The van der Waals surface area contributed by atoms with Gasteiger partial charge in [-0.2, -0.15) is 0 Å². The number of thioether (sulfide) groups is 1. The number of furan rings is 1. The molecule has 0 saturated carbocycles. The molecule has 0 aromatic carbocycles. The van der Waals surface area contributed by atoms with E-state index in [2.05, 4.69) is 0 Å². The fourth-order valence-corrected chi connectivity index (χ4v) is 3.33. The van der Waals surface area contributed by atoms with Crippen LogP contribution >= 0.6 is 11.8 Å². The molecule has 2 N–H and O–H groups in total. The van der Waals surface area contributed by atoms with Gasteiger partial charge in [-0.3, -0.25) is 9.69 Å². The Morgan fingerprint density at radius 3 is 2.95 bits per heavy atom. The largest absolute Gasteiger partial charge is 0.477 e. The molecule has 1 aromatic rings. The fraction of sp³-hybridized carbons (Fsp3) is 0.167. The number of β-lactam (4-membered cyclic amide) rings is 1. The summed E-state index contributed by atoms with van der Waals surface area (Å²) in [6.07, 6.45) is 4.66. The van der Waals surface area contributed by atoms with Crippen LogP contribution in [-0.2, 0) is 9.59 Å². The Morgan fingerprint density at radius 1 is 1.58 bits per heavy atom. The van der Waals surface area contributed by atoms with E-state index >= 15 is 0 Å². The van der Waals surface area contributed by atoms with Gasteiger partial charge in [-0.1, -0.05) is 11.8 Å². The number of hydrogen-bond donors (Lipinski definition) is 2. The van der Waals surface area contributed by atoms with Crippen molar-refractivity contribution in [2.75, 3.05) is 6.61 Å². The molecule has 1 amide bonds. The summed E-state index contributed by atoms with van der Waals surface area (Å²) in [5, 5.41) is 17.9. The van der Waals surface area contributed by atoms with Crippen LogP contribution in [0.1, 0.15) is 5.56 Å². The molecule has 6 nitrogen and oxygen atoms in total. The molecule has 0 spiro atoms. The number of carboxylic acid groups (broad SMARTS) is 1. The molecule has 2 aliphatic heterocycles. The number of carboxylic acids is 1. The van der Waals surface area contributed by atoms with Gasteiger partial charge >= 0.3 is 5.97 Å². The zero-order valence-corrected chi connectivity index (χ0v) is 10.4. The summed E-state index contributed by atoms with van der Waals surface area (Å²) < 4.78 is 4.91. The standard InChI is InChI=1S/C12H9NO5S/c14-4-8-9(12(16)17)13-10(15)7(11(13)19-8)3-6-1-2-18-5-6/h1-3,5,11,14H,4H2,(H,16,17)/b7-3-/t11-/m0/s1. The van der Waals surface area contributed by atoms with Gasteiger partial charge in [0.25, 0.3) is 5.91 Å². The van der Waals surface area contributed by atoms with Crippen molar-refractivity contribution in [3.05, 3.63) is 40.3 Å². The summed E-state index contributed by atoms with van der Waals surface area (Å²) in [6.45, 7) is -0.383. The summed E-state index contributed by atoms with van der Waals surface area (Å²) in [6, 6.07) is 1.71. The Hall–Kier alpha value is -1.99. The van der Waals surface area contributed by atoms with E-state index < -0.39 is 5.97 Å². The van der Waals surface area contributed by atoms with Gasteiger partial charge in [-0.05, 0) is 12.1 Å². The summed E-state index contributed by atoms with van der Waals surface area (Å²) in [4.78, 5) is 24.6. The maximum atomic E-state index is 12.0. The van der Waals surface area contributed by atoms with Gasteiger partial charge in [0.1, 0.15) is 11.1 Å². The number of aliphatic hydroxyl groups excluding tert-OH is 1. The average molecular weight is 279 g/mol. The zero-order valence-electron chi connectivity index (χ0n) is 9.57. The van der Waals surface area contributed by atoms with E-state index in [9.17, 15) is 9.59 Å². The highest BCUT2D eigenvalue weighted by Crippen LogP contribution is 2.49. The van der Waals surface area contributed by atoms with Crippen molar-refractivity contribution in [1.82, 2.24) is 4.90 Å². The SMILES string of the molecule is O=C(O)C1=C(CO)S[C@H]2/C(=C\c3ccoc3)C(=O)N12. The molecule has 3 heterocycles. The minimum atomic E-state index is -1.20. The van der Waals surface area contributed by atoms with Gasteiger partial charge in [0.15, 0.2) is 0 Å². The van der Waals surface area contributed by atoms with Gasteiger partial charge in [-0.25, -0.2) is 4.79 Å². The second kappa shape index (κ2) is 4.29. The Kier molecular flexibility index (Phi) is 2.72. The minimum absolute atomic E-state index is 0.119. The number of carbonyl (C=O) groups is 2. The van der Waals surface area contributed by atoms with Crippen LogP contribution in [0.15, 0.2) is 39.2 Å². The maximum absolute atomic E-state index is 12.0. The molecule has 3 rings (SSSR count). The first-order chi connectivity index (χ1) is 9.13. The van der Waals surface area contributed by atoms with Gasteiger partial charge < -0.3 is 14.6 Å². The van der Waals surface area contributed by atoms with E-state index in [1.807, 2.05) is 0 Å². The third-order valence-corrected chi connectivity index (χ3v) is 4.23. The van der Waals surface area contributed by atoms with Crippen LogP contribution < -0.4 is 0 Å². The summed E-state index contributed by atoms with van der Waals surface area (Å²) in [5.74, 6) is -1.55. The molecule has 1 fully saturated rings. The van der Waals surface area contributed by atoms with Crippen LogP contribution in [0, 0.1) is 0 Å². The lowest BCUT2D eigenvalue weighted by Crippen LogP contribution is -2.51. The van der Waals surface area contributed by atoms with Crippen molar-refractivity contribution >= 4 is 29.7 Å². The van der Waals surface area contributed by atoms with Crippen LogP contribution in [0.4, 0.5) is 0 Å². The second-order valence-corrected chi connectivity index (χ2v) is 5.21. The summed E-state index contributed by atoms with van der Waals surface area (Å²) in [5.41, 5.74) is 1.14. The van der Waals surface area contributed by atoms with Crippen LogP contribution in [0.3, 0.4) is 0 Å². The highest BCUT2D eigenvalue weighted by Gasteiger charge is 2.52. The quantitative estimate of drug-likeness (QED) is 0.630. The summed E-state index contributed by atoms with van der Waals surface area (Å²) in [7, 11) is 0. The monoisotopic (exact) mass is 279 g/mol. The normalized spacial score (nSPS) is 23.8. The van der Waals surface area contributed by atoms with Crippen molar-refractivity contribution in [2.45, 2.75) is 5.37 Å². The third kappa shape index (κ3) is 1.70. The predicted molar refractivity (Wildman–Crippen MR) is 66.7 cm³/mol. The molecule has 2 aliphatic rings. The highest BCUT2D eigenvalue weighted by molar-refractivity contribution is 8.04. The van der Waals surface area contributed by atoms with Crippen molar-refractivity contribution in [3.63, 3.8) is 0 Å². The molecule has 7 heteroatoms. The maximum Gasteiger partial charge on any atom is 0.353 e. The fourth-order valence-electron chi connectivity index (χ4n) is 2.09. The topological polar surface area (TPSA) is 91.0 Å². The molecule has 19 heavy (non-hydrogen) atoms. The molecule has 0 radical (unpaired) electrons.